The van der Waals surface area contributed by atoms with Crippen molar-refractivity contribution in [1.29, 1.82) is 0 Å². The lowest BCUT2D eigenvalue weighted by Gasteiger charge is -2.50. The van der Waals surface area contributed by atoms with Crippen LogP contribution in [0.5, 0.6) is 0 Å². The van der Waals surface area contributed by atoms with E-state index >= 15 is 0 Å². The second-order valence-electron chi connectivity index (χ2n) is 7.70. The van der Waals surface area contributed by atoms with Crippen LogP contribution in [0.2, 0.25) is 0 Å². The van der Waals surface area contributed by atoms with E-state index in [1.807, 2.05) is 30.3 Å². The van der Waals surface area contributed by atoms with Gasteiger partial charge < -0.3 is 14.6 Å². The second-order valence-corrected chi connectivity index (χ2v) is 7.70. The Bertz CT molecular complexity index is 668. The van der Waals surface area contributed by atoms with Gasteiger partial charge in [-0.05, 0) is 38.2 Å². The molecule has 0 aliphatic heterocycles. The fourth-order valence-electron chi connectivity index (χ4n) is 3.99. The molecular formula is C21H28O5. The van der Waals surface area contributed by atoms with Crippen molar-refractivity contribution in [2.45, 2.75) is 53.1 Å². The summed E-state index contributed by atoms with van der Waals surface area (Å²) in [4.78, 5) is 36.4. The van der Waals surface area contributed by atoms with Gasteiger partial charge in [0.2, 0.25) is 0 Å². The molecule has 0 heterocycles. The summed E-state index contributed by atoms with van der Waals surface area (Å²) in [5.74, 6) is -1.37. The number of carbonyl (C=O) groups excluding carboxylic acids is 2. The van der Waals surface area contributed by atoms with E-state index < -0.39 is 16.8 Å². The lowest BCUT2D eigenvalue weighted by Crippen LogP contribution is -2.57. The molecule has 5 nitrogen and oxygen atoms in total. The van der Waals surface area contributed by atoms with Gasteiger partial charge in [0.15, 0.2) is 0 Å². The minimum absolute atomic E-state index is 0.0331. The highest BCUT2D eigenvalue weighted by molar-refractivity contribution is 5.93. The first-order chi connectivity index (χ1) is 12.2. The number of hydrogen-bond acceptors (Lipinski definition) is 4. The standard InChI is InChI=1S/C21H28O5/c1-15(22)11-12-20(2)18(23)10-9-17(21(20,3)19(24)25)14-26-13-16-7-5-4-6-8-16/h4-8,17H,9-14H2,1-3H3,(H,24,25)/t17-,20-,21+/m0/s1. The van der Waals surface area contributed by atoms with Gasteiger partial charge in [0.25, 0.3) is 0 Å². The topological polar surface area (TPSA) is 80.7 Å². The van der Waals surface area contributed by atoms with Crippen LogP contribution in [-0.2, 0) is 25.7 Å². The normalized spacial score (nSPS) is 28.7. The number of Topliss-reactive ketones (excluding diaryl/α,β-unsaturated/α-hetero) is 2. The highest BCUT2D eigenvalue weighted by Crippen LogP contribution is 2.54. The van der Waals surface area contributed by atoms with Crippen LogP contribution < -0.4 is 0 Å². The Labute approximate surface area is 154 Å². The molecule has 1 aromatic rings. The Morgan fingerprint density at radius 3 is 2.46 bits per heavy atom. The van der Waals surface area contributed by atoms with Crippen LogP contribution in [0.25, 0.3) is 0 Å². The molecule has 1 fully saturated rings. The van der Waals surface area contributed by atoms with Crippen LogP contribution >= 0.6 is 0 Å². The summed E-state index contributed by atoms with van der Waals surface area (Å²) in [6.45, 7) is 5.50. The lowest BCUT2D eigenvalue weighted by molar-refractivity contribution is -0.177. The number of benzene rings is 1. The van der Waals surface area contributed by atoms with Gasteiger partial charge in [-0.3, -0.25) is 9.59 Å². The van der Waals surface area contributed by atoms with Gasteiger partial charge in [0, 0.05) is 18.3 Å². The first kappa shape index (κ1) is 20.3. The lowest BCUT2D eigenvalue weighted by atomic mass is 9.51. The van der Waals surface area contributed by atoms with Crippen molar-refractivity contribution in [1.82, 2.24) is 0 Å². The van der Waals surface area contributed by atoms with Crippen molar-refractivity contribution in [3.63, 3.8) is 0 Å². The van der Waals surface area contributed by atoms with Crippen molar-refractivity contribution in [3.8, 4) is 0 Å². The fourth-order valence-corrected chi connectivity index (χ4v) is 3.99. The molecule has 0 spiro atoms. The molecule has 3 atom stereocenters. The SMILES string of the molecule is CC(=O)CC[C@@]1(C)C(=O)CC[C@@H](COCc2ccccc2)[C@]1(C)C(=O)O. The molecule has 0 bridgehead atoms. The van der Waals surface area contributed by atoms with Crippen molar-refractivity contribution >= 4 is 17.5 Å². The third kappa shape index (κ3) is 3.88. The number of rotatable bonds is 8. The van der Waals surface area contributed by atoms with E-state index in [1.54, 1.807) is 13.8 Å². The first-order valence-corrected chi connectivity index (χ1v) is 9.09. The number of ketones is 2. The summed E-state index contributed by atoms with van der Waals surface area (Å²) in [7, 11) is 0. The van der Waals surface area contributed by atoms with Crippen LogP contribution in [0, 0.1) is 16.7 Å². The van der Waals surface area contributed by atoms with Crippen LogP contribution in [0.1, 0.15) is 52.0 Å². The predicted octanol–water partition coefficient (Wildman–Crippen LogP) is 3.65. The Morgan fingerprint density at radius 1 is 1.23 bits per heavy atom. The van der Waals surface area contributed by atoms with E-state index in [1.165, 1.54) is 6.92 Å². The number of carboxylic acid groups (broad SMARTS) is 1. The number of ether oxygens (including phenoxy) is 1. The van der Waals surface area contributed by atoms with Crippen LogP contribution in [0.3, 0.4) is 0 Å². The van der Waals surface area contributed by atoms with Crippen LogP contribution in [0.4, 0.5) is 0 Å². The molecule has 2 rings (SSSR count). The summed E-state index contributed by atoms with van der Waals surface area (Å²) < 4.78 is 5.82. The first-order valence-electron chi connectivity index (χ1n) is 9.09. The minimum Gasteiger partial charge on any atom is -0.481 e. The van der Waals surface area contributed by atoms with E-state index in [0.717, 1.165) is 5.56 Å². The molecule has 1 aliphatic carbocycles. The van der Waals surface area contributed by atoms with Gasteiger partial charge >= 0.3 is 5.97 Å². The van der Waals surface area contributed by atoms with E-state index in [2.05, 4.69) is 0 Å². The average Bonchev–Trinajstić information content (AvgIpc) is 2.61. The van der Waals surface area contributed by atoms with Crippen molar-refractivity contribution in [2.75, 3.05) is 6.61 Å². The smallest absolute Gasteiger partial charge is 0.310 e. The quantitative estimate of drug-likeness (QED) is 0.765. The van der Waals surface area contributed by atoms with Crippen molar-refractivity contribution < 1.29 is 24.2 Å². The average molecular weight is 360 g/mol. The van der Waals surface area contributed by atoms with Crippen LogP contribution in [-0.4, -0.2) is 29.2 Å². The van der Waals surface area contributed by atoms with E-state index in [4.69, 9.17) is 4.74 Å². The molecule has 5 heteroatoms. The third-order valence-corrected chi connectivity index (χ3v) is 6.15. The Balaban J connectivity index is 2.18. The molecule has 0 unspecified atom stereocenters. The van der Waals surface area contributed by atoms with Gasteiger partial charge in [-0.15, -0.1) is 0 Å². The Kier molecular flexibility index (Phi) is 6.34. The zero-order valence-corrected chi connectivity index (χ0v) is 15.8. The maximum Gasteiger partial charge on any atom is 0.310 e. The summed E-state index contributed by atoms with van der Waals surface area (Å²) in [6.07, 6.45) is 1.30. The molecule has 1 saturated carbocycles. The Morgan fingerprint density at radius 2 is 1.88 bits per heavy atom. The number of hydrogen-bond donors (Lipinski definition) is 1. The molecule has 142 valence electrons. The molecule has 1 aromatic carbocycles. The molecule has 0 saturated heterocycles. The van der Waals surface area contributed by atoms with Gasteiger partial charge in [-0.25, -0.2) is 0 Å². The van der Waals surface area contributed by atoms with Gasteiger partial charge in [0.05, 0.1) is 18.6 Å². The largest absolute Gasteiger partial charge is 0.481 e. The van der Waals surface area contributed by atoms with Crippen molar-refractivity contribution in [2.24, 2.45) is 16.7 Å². The second kappa shape index (κ2) is 8.12. The van der Waals surface area contributed by atoms with Gasteiger partial charge in [0.1, 0.15) is 11.6 Å². The van der Waals surface area contributed by atoms with Crippen LogP contribution in [0.15, 0.2) is 30.3 Å². The highest BCUT2D eigenvalue weighted by Gasteiger charge is 2.60. The number of carboxylic acids is 1. The predicted molar refractivity (Wildman–Crippen MR) is 97.6 cm³/mol. The minimum atomic E-state index is -1.26. The third-order valence-electron chi connectivity index (χ3n) is 6.15. The van der Waals surface area contributed by atoms with Gasteiger partial charge in [-0.1, -0.05) is 37.3 Å². The molecule has 1 aliphatic rings. The zero-order valence-electron chi connectivity index (χ0n) is 15.8. The molecule has 0 amide bonds. The molecule has 1 N–H and O–H groups in total. The molecular weight excluding hydrogens is 332 g/mol. The number of aliphatic carboxylic acids is 1. The van der Waals surface area contributed by atoms with E-state index in [0.29, 0.717) is 19.4 Å². The summed E-state index contributed by atoms with van der Waals surface area (Å²) in [5.41, 5.74) is -1.30. The Hall–Kier alpha value is -2.01. The number of carbonyl (C=O) groups is 3. The highest BCUT2D eigenvalue weighted by atomic mass is 16.5. The van der Waals surface area contributed by atoms with Gasteiger partial charge in [-0.2, -0.15) is 0 Å². The summed E-state index contributed by atoms with van der Waals surface area (Å²) in [6, 6.07) is 9.70. The summed E-state index contributed by atoms with van der Waals surface area (Å²) in [5, 5.41) is 10.0. The molecule has 26 heavy (non-hydrogen) atoms. The van der Waals surface area contributed by atoms with E-state index in [-0.39, 0.29) is 36.9 Å². The maximum absolute atomic E-state index is 12.7. The molecule has 0 radical (unpaired) electrons. The fraction of sp³-hybridized carbons (Fsp3) is 0.571. The summed E-state index contributed by atoms with van der Waals surface area (Å²) >= 11 is 0. The zero-order chi connectivity index (χ0) is 19.4. The van der Waals surface area contributed by atoms with E-state index in [9.17, 15) is 19.5 Å². The maximum atomic E-state index is 12.7. The monoisotopic (exact) mass is 360 g/mol. The molecule has 0 aromatic heterocycles. The van der Waals surface area contributed by atoms with Crippen molar-refractivity contribution in [3.05, 3.63) is 35.9 Å².